The summed E-state index contributed by atoms with van der Waals surface area (Å²) in [6, 6.07) is 3.55. The fourth-order valence-corrected chi connectivity index (χ4v) is 4.24. The van der Waals surface area contributed by atoms with Gasteiger partial charge in [0.25, 0.3) is 5.91 Å². The molecule has 0 atom stereocenters. The van der Waals surface area contributed by atoms with Crippen molar-refractivity contribution in [3.05, 3.63) is 27.7 Å². The first-order chi connectivity index (χ1) is 12.4. The summed E-state index contributed by atoms with van der Waals surface area (Å²) in [6.07, 6.45) is 0. The SMILES string of the molecule is COc1ccc(Cl)c2sc(N(CCN(C)C)C(=O)c3snnc3C)nc12.Cl. The summed E-state index contributed by atoms with van der Waals surface area (Å²) in [5.41, 5.74) is 1.27. The Bertz CT molecular complexity index is 944. The normalized spacial score (nSPS) is 10.9. The molecule has 11 heteroatoms. The van der Waals surface area contributed by atoms with Crippen molar-refractivity contribution in [2.24, 2.45) is 0 Å². The zero-order valence-electron chi connectivity index (χ0n) is 15.2. The second-order valence-electron chi connectivity index (χ2n) is 5.87. The van der Waals surface area contributed by atoms with E-state index in [0.717, 1.165) is 16.2 Å². The number of fused-ring (bicyclic) bond motifs is 1. The van der Waals surface area contributed by atoms with E-state index in [9.17, 15) is 4.79 Å². The summed E-state index contributed by atoms with van der Waals surface area (Å²) in [5.74, 6) is 0.469. The van der Waals surface area contributed by atoms with Crippen molar-refractivity contribution in [1.29, 1.82) is 0 Å². The van der Waals surface area contributed by atoms with E-state index in [1.807, 2.05) is 19.0 Å². The summed E-state index contributed by atoms with van der Waals surface area (Å²) >= 11 is 8.79. The molecule has 3 rings (SSSR count). The number of methoxy groups -OCH3 is 1. The summed E-state index contributed by atoms with van der Waals surface area (Å²) in [4.78, 5) is 21.9. The Morgan fingerprint density at radius 1 is 1.30 bits per heavy atom. The van der Waals surface area contributed by atoms with E-state index in [2.05, 4.69) is 14.6 Å². The molecule has 0 spiro atoms. The largest absolute Gasteiger partial charge is 0.494 e. The number of ether oxygens (including phenoxy) is 1. The minimum absolute atomic E-state index is 0. The zero-order valence-corrected chi connectivity index (χ0v) is 18.4. The molecule has 2 aromatic heterocycles. The molecule has 0 aliphatic carbocycles. The quantitative estimate of drug-likeness (QED) is 0.572. The van der Waals surface area contributed by atoms with E-state index >= 15 is 0 Å². The lowest BCUT2D eigenvalue weighted by atomic mass is 10.3. The number of benzene rings is 1. The number of halogens is 2. The number of carbonyl (C=O) groups is 1. The maximum Gasteiger partial charge on any atom is 0.273 e. The predicted octanol–water partition coefficient (Wildman–Crippen LogP) is 3.75. The molecule has 2 heterocycles. The molecule has 1 aromatic carbocycles. The van der Waals surface area contributed by atoms with E-state index in [0.29, 0.717) is 45.1 Å². The molecule has 0 saturated heterocycles. The average Bonchev–Trinajstić information content (AvgIpc) is 3.22. The van der Waals surface area contributed by atoms with Crippen molar-refractivity contribution in [2.75, 3.05) is 39.2 Å². The summed E-state index contributed by atoms with van der Waals surface area (Å²) in [5, 5.41) is 5.10. The highest BCUT2D eigenvalue weighted by Gasteiger charge is 2.26. The lowest BCUT2D eigenvalue weighted by molar-refractivity contribution is 0.0988. The molecule has 0 fully saturated rings. The van der Waals surface area contributed by atoms with Crippen molar-refractivity contribution in [2.45, 2.75) is 6.92 Å². The Morgan fingerprint density at radius 2 is 2.04 bits per heavy atom. The van der Waals surface area contributed by atoms with Crippen LogP contribution in [0.4, 0.5) is 5.13 Å². The van der Waals surface area contributed by atoms with Gasteiger partial charge in [-0.15, -0.1) is 17.5 Å². The molecular weight excluding hydrogens is 429 g/mol. The van der Waals surface area contributed by atoms with Gasteiger partial charge in [-0.2, -0.15) is 0 Å². The van der Waals surface area contributed by atoms with Gasteiger partial charge in [0.15, 0.2) is 5.13 Å². The Kier molecular flexibility index (Phi) is 7.35. The van der Waals surface area contributed by atoms with Crippen LogP contribution in [0.15, 0.2) is 12.1 Å². The van der Waals surface area contributed by atoms with Crippen molar-refractivity contribution >= 4 is 68.1 Å². The number of aryl methyl sites for hydroxylation is 1. The molecule has 0 unspecified atom stereocenters. The molecule has 0 aliphatic rings. The molecule has 0 radical (unpaired) electrons. The Hall–Kier alpha value is -1.52. The van der Waals surface area contributed by atoms with Gasteiger partial charge < -0.3 is 9.64 Å². The van der Waals surface area contributed by atoms with Crippen LogP contribution in [0.1, 0.15) is 15.4 Å². The number of likely N-dealkylation sites (N-methyl/N-ethyl adjacent to an activating group) is 1. The van der Waals surface area contributed by atoms with Crippen LogP contribution in [0, 0.1) is 6.92 Å². The van der Waals surface area contributed by atoms with Gasteiger partial charge in [0.2, 0.25) is 0 Å². The van der Waals surface area contributed by atoms with Gasteiger partial charge in [-0.05, 0) is 44.7 Å². The zero-order chi connectivity index (χ0) is 18.8. The summed E-state index contributed by atoms with van der Waals surface area (Å²) < 4.78 is 10.0. The van der Waals surface area contributed by atoms with Gasteiger partial charge in [0.05, 0.1) is 22.5 Å². The Balaban J connectivity index is 0.00000261. The first kappa shape index (κ1) is 21.8. The van der Waals surface area contributed by atoms with E-state index in [-0.39, 0.29) is 18.3 Å². The van der Waals surface area contributed by atoms with Gasteiger partial charge in [-0.3, -0.25) is 9.69 Å². The van der Waals surface area contributed by atoms with Crippen molar-refractivity contribution < 1.29 is 9.53 Å². The molecule has 3 aromatic rings. The molecule has 27 heavy (non-hydrogen) atoms. The number of nitrogens with zero attached hydrogens (tertiary/aromatic N) is 5. The van der Waals surface area contributed by atoms with Crippen molar-refractivity contribution in [3.8, 4) is 5.75 Å². The highest BCUT2D eigenvalue weighted by Crippen LogP contribution is 2.39. The monoisotopic (exact) mass is 447 g/mol. The minimum Gasteiger partial charge on any atom is -0.494 e. The van der Waals surface area contributed by atoms with Crippen LogP contribution in [-0.2, 0) is 0 Å². The topological polar surface area (TPSA) is 71.5 Å². The smallest absolute Gasteiger partial charge is 0.273 e. The first-order valence-electron chi connectivity index (χ1n) is 7.81. The van der Waals surface area contributed by atoms with Crippen LogP contribution in [0.25, 0.3) is 10.2 Å². The van der Waals surface area contributed by atoms with Crippen LogP contribution in [0.3, 0.4) is 0 Å². The van der Waals surface area contributed by atoms with E-state index in [1.165, 1.54) is 11.3 Å². The van der Waals surface area contributed by atoms with Gasteiger partial charge >= 0.3 is 0 Å². The lowest BCUT2D eigenvalue weighted by Crippen LogP contribution is -2.36. The van der Waals surface area contributed by atoms with E-state index in [1.54, 1.807) is 31.1 Å². The van der Waals surface area contributed by atoms with Crippen LogP contribution in [0.5, 0.6) is 5.75 Å². The third-order valence-corrected chi connectivity index (χ3v) is 6.11. The predicted molar refractivity (Wildman–Crippen MR) is 113 cm³/mol. The maximum absolute atomic E-state index is 13.1. The number of hydrogen-bond acceptors (Lipinski definition) is 8. The van der Waals surface area contributed by atoms with E-state index in [4.69, 9.17) is 16.3 Å². The standard InChI is InChI=1S/C16H18ClN5O2S2.ClH/c1-9-13(26-20-19-9)15(23)22(8-7-21(2)3)16-18-12-11(24-4)6-5-10(17)14(12)25-16;/h5-6H,7-8H2,1-4H3;1H. The fraction of sp³-hybridized carbons (Fsp3) is 0.375. The molecule has 1 amide bonds. The Morgan fingerprint density at radius 3 is 2.63 bits per heavy atom. The maximum atomic E-state index is 13.1. The highest BCUT2D eigenvalue weighted by molar-refractivity contribution is 7.23. The molecular formula is C16H19Cl2N5O2S2. The first-order valence-corrected chi connectivity index (χ1v) is 9.77. The van der Waals surface area contributed by atoms with Gasteiger partial charge in [0, 0.05) is 13.1 Å². The van der Waals surface area contributed by atoms with Gasteiger partial charge in [-0.25, -0.2) is 4.98 Å². The summed E-state index contributed by atoms with van der Waals surface area (Å²) in [7, 11) is 5.50. The molecule has 0 bridgehead atoms. The number of carbonyl (C=O) groups excluding carboxylic acids is 1. The van der Waals surface area contributed by atoms with Crippen LogP contribution >= 0.6 is 46.9 Å². The number of hydrogen-bond donors (Lipinski definition) is 0. The minimum atomic E-state index is -0.159. The molecule has 7 nitrogen and oxygen atoms in total. The van der Waals surface area contributed by atoms with Crippen LogP contribution < -0.4 is 9.64 Å². The van der Waals surface area contributed by atoms with Crippen molar-refractivity contribution in [3.63, 3.8) is 0 Å². The van der Waals surface area contributed by atoms with Crippen LogP contribution in [-0.4, -0.2) is 59.7 Å². The number of thiazole rings is 1. The average molecular weight is 448 g/mol. The van der Waals surface area contributed by atoms with Gasteiger partial charge in [-0.1, -0.05) is 27.4 Å². The third kappa shape index (κ3) is 4.49. The fourth-order valence-electron chi connectivity index (χ4n) is 2.36. The number of aromatic nitrogens is 3. The molecule has 0 N–H and O–H groups in total. The molecule has 146 valence electrons. The molecule has 0 saturated carbocycles. The number of rotatable bonds is 6. The van der Waals surface area contributed by atoms with Crippen molar-refractivity contribution in [1.82, 2.24) is 19.5 Å². The van der Waals surface area contributed by atoms with E-state index < -0.39 is 0 Å². The van der Waals surface area contributed by atoms with Gasteiger partial charge in [0.1, 0.15) is 16.1 Å². The second-order valence-corrected chi connectivity index (χ2v) is 8.01. The Labute approximate surface area is 176 Å². The number of anilines is 1. The number of amides is 1. The third-order valence-electron chi connectivity index (χ3n) is 3.76. The molecule has 0 aliphatic heterocycles. The summed E-state index contributed by atoms with van der Waals surface area (Å²) in [6.45, 7) is 2.96. The second kappa shape index (κ2) is 9.11. The highest BCUT2D eigenvalue weighted by atomic mass is 35.5. The van der Waals surface area contributed by atoms with Crippen LogP contribution in [0.2, 0.25) is 5.02 Å². The lowest BCUT2D eigenvalue weighted by Gasteiger charge is -2.21.